The summed E-state index contributed by atoms with van der Waals surface area (Å²) in [6.45, 7) is 2.54. The van der Waals surface area contributed by atoms with Crippen LogP contribution in [0.2, 0.25) is 6.04 Å². The normalized spacial score (nSPS) is 10.2. The zero-order chi connectivity index (χ0) is 7.66. The van der Waals surface area contributed by atoms with Crippen molar-refractivity contribution in [2.24, 2.45) is 11.5 Å². The van der Waals surface area contributed by atoms with Crippen LogP contribution in [0.1, 0.15) is 6.42 Å². The first-order valence-electron chi connectivity index (χ1n) is 3.84. The van der Waals surface area contributed by atoms with Crippen molar-refractivity contribution in [1.82, 2.24) is 5.32 Å². The van der Waals surface area contributed by atoms with Gasteiger partial charge in [-0.05, 0) is 19.1 Å². The van der Waals surface area contributed by atoms with Gasteiger partial charge in [0.1, 0.15) is 0 Å². The molecular formula is C6H18N3Si. The molecule has 0 aliphatic carbocycles. The van der Waals surface area contributed by atoms with Gasteiger partial charge in [-0.2, -0.15) is 0 Å². The second-order valence-corrected chi connectivity index (χ2v) is 3.78. The highest BCUT2D eigenvalue weighted by atomic mass is 28.2. The van der Waals surface area contributed by atoms with Crippen molar-refractivity contribution in [1.29, 1.82) is 0 Å². The van der Waals surface area contributed by atoms with E-state index in [-0.39, 0.29) is 0 Å². The van der Waals surface area contributed by atoms with Crippen molar-refractivity contribution >= 4 is 9.52 Å². The first-order chi connectivity index (χ1) is 4.91. The molecule has 0 amide bonds. The Hall–Kier alpha value is 0.0969. The van der Waals surface area contributed by atoms with E-state index in [1.165, 1.54) is 12.5 Å². The molecule has 5 N–H and O–H groups in total. The Balaban J connectivity index is 2.65. The molecule has 4 heteroatoms. The molecule has 1 radical (unpaired) electrons. The second-order valence-electron chi connectivity index (χ2n) is 2.21. The van der Waals surface area contributed by atoms with E-state index in [1.54, 1.807) is 0 Å². The van der Waals surface area contributed by atoms with Gasteiger partial charge in [-0.15, -0.1) is 0 Å². The molecule has 10 heavy (non-hydrogen) atoms. The maximum Gasteiger partial charge on any atom is 0.0457 e. The van der Waals surface area contributed by atoms with Crippen LogP contribution in [0.15, 0.2) is 0 Å². The first kappa shape index (κ1) is 10.1. The van der Waals surface area contributed by atoms with Crippen LogP contribution in [0.5, 0.6) is 0 Å². The van der Waals surface area contributed by atoms with E-state index in [4.69, 9.17) is 11.5 Å². The molecule has 3 nitrogen and oxygen atoms in total. The Bertz CT molecular complexity index is 53.0. The van der Waals surface area contributed by atoms with E-state index in [0.717, 1.165) is 25.8 Å². The Morgan fingerprint density at radius 1 is 1.20 bits per heavy atom. The average molecular weight is 160 g/mol. The van der Waals surface area contributed by atoms with Crippen molar-refractivity contribution in [2.45, 2.75) is 12.5 Å². The van der Waals surface area contributed by atoms with Crippen LogP contribution in [-0.2, 0) is 0 Å². The monoisotopic (exact) mass is 160 g/mol. The molecule has 0 spiro atoms. The lowest BCUT2D eigenvalue weighted by molar-refractivity contribution is 0.772. The third kappa shape index (κ3) is 8.10. The van der Waals surface area contributed by atoms with Gasteiger partial charge >= 0.3 is 0 Å². The van der Waals surface area contributed by atoms with Gasteiger partial charge in [-0.25, -0.2) is 0 Å². The van der Waals surface area contributed by atoms with E-state index in [0.29, 0.717) is 9.52 Å². The highest BCUT2D eigenvalue weighted by molar-refractivity contribution is 6.35. The largest absolute Gasteiger partial charge is 0.330 e. The van der Waals surface area contributed by atoms with Gasteiger partial charge in [0.25, 0.3) is 0 Å². The standard InChI is InChI=1S/C6H18N3Si/c7-2-1-5-10-6-9-4-3-8/h9-10H,1-8H2. The molecule has 0 fully saturated rings. The van der Waals surface area contributed by atoms with Gasteiger partial charge in [-0.1, -0.05) is 6.04 Å². The quantitative estimate of drug-likeness (QED) is 0.320. The van der Waals surface area contributed by atoms with Gasteiger partial charge in [0.15, 0.2) is 0 Å². The maximum absolute atomic E-state index is 5.34. The minimum atomic E-state index is 0.568. The number of hydrogen-bond acceptors (Lipinski definition) is 3. The van der Waals surface area contributed by atoms with Crippen molar-refractivity contribution < 1.29 is 0 Å². The van der Waals surface area contributed by atoms with Gasteiger partial charge in [-0.3, -0.25) is 0 Å². The third-order valence-corrected chi connectivity index (χ3v) is 2.62. The summed E-state index contributed by atoms with van der Waals surface area (Å²) in [5.41, 5.74) is 10.6. The Kier molecular flexibility index (Phi) is 9.19. The fourth-order valence-corrected chi connectivity index (χ4v) is 1.81. The molecular weight excluding hydrogens is 142 g/mol. The molecule has 0 aliphatic heterocycles. The summed E-state index contributed by atoms with van der Waals surface area (Å²) < 4.78 is 0. The van der Waals surface area contributed by atoms with E-state index >= 15 is 0 Å². The summed E-state index contributed by atoms with van der Waals surface area (Å²) >= 11 is 0. The summed E-state index contributed by atoms with van der Waals surface area (Å²) in [5, 5.41) is 3.27. The molecule has 0 aromatic rings. The first-order valence-corrected chi connectivity index (χ1v) is 5.47. The van der Waals surface area contributed by atoms with Crippen LogP contribution in [0.3, 0.4) is 0 Å². The van der Waals surface area contributed by atoms with Crippen LogP contribution >= 0.6 is 0 Å². The van der Waals surface area contributed by atoms with E-state index in [2.05, 4.69) is 5.32 Å². The van der Waals surface area contributed by atoms with Crippen molar-refractivity contribution in [3.8, 4) is 0 Å². The highest BCUT2D eigenvalue weighted by Crippen LogP contribution is 1.82. The maximum atomic E-state index is 5.34. The Labute approximate surface area is 65.4 Å². The lowest BCUT2D eigenvalue weighted by Crippen LogP contribution is -2.26. The summed E-state index contributed by atoms with van der Waals surface area (Å²) in [5.74, 6) is 0. The predicted molar refractivity (Wildman–Crippen MR) is 47.6 cm³/mol. The lowest BCUT2D eigenvalue weighted by Gasteiger charge is -1.99. The third-order valence-electron chi connectivity index (χ3n) is 1.22. The summed E-state index contributed by atoms with van der Waals surface area (Å²) in [6, 6.07) is 1.31. The summed E-state index contributed by atoms with van der Waals surface area (Å²) in [7, 11) is 0.568. The zero-order valence-electron chi connectivity index (χ0n) is 6.47. The van der Waals surface area contributed by atoms with Crippen LogP contribution < -0.4 is 16.8 Å². The minimum Gasteiger partial charge on any atom is -0.330 e. The van der Waals surface area contributed by atoms with Crippen molar-refractivity contribution in [3.05, 3.63) is 0 Å². The molecule has 0 heterocycles. The van der Waals surface area contributed by atoms with E-state index in [9.17, 15) is 0 Å². The number of hydrogen-bond donors (Lipinski definition) is 3. The van der Waals surface area contributed by atoms with E-state index in [1.807, 2.05) is 0 Å². The number of nitrogens with two attached hydrogens (primary N) is 2. The zero-order valence-corrected chi connectivity index (χ0v) is 7.63. The number of rotatable bonds is 7. The average Bonchev–Trinajstić information content (AvgIpc) is 1.97. The highest BCUT2D eigenvalue weighted by Gasteiger charge is 1.87. The molecule has 0 aromatic carbocycles. The fourth-order valence-electron chi connectivity index (χ4n) is 0.670. The predicted octanol–water partition coefficient (Wildman–Crippen LogP) is -1.30. The van der Waals surface area contributed by atoms with E-state index < -0.39 is 0 Å². The second kappa shape index (κ2) is 9.10. The fraction of sp³-hybridized carbons (Fsp3) is 1.00. The smallest absolute Gasteiger partial charge is 0.0457 e. The molecule has 0 aliphatic rings. The molecule has 61 valence electrons. The summed E-state index contributed by atoms with van der Waals surface area (Å²) in [6.07, 6.45) is 2.34. The molecule has 0 rings (SSSR count). The van der Waals surface area contributed by atoms with Gasteiger partial charge < -0.3 is 16.8 Å². The number of nitrogens with one attached hydrogen (secondary N) is 1. The van der Waals surface area contributed by atoms with Gasteiger partial charge in [0.2, 0.25) is 0 Å². The van der Waals surface area contributed by atoms with Crippen LogP contribution in [-0.4, -0.2) is 35.3 Å². The molecule has 0 aromatic heterocycles. The van der Waals surface area contributed by atoms with Crippen LogP contribution in [0, 0.1) is 0 Å². The van der Waals surface area contributed by atoms with Crippen LogP contribution in [0.25, 0.3) is 0 Å². The topological polar surface area (TPSA) is 64.1 Å². The van der Waals surface area contributed by atoms with Gasteiger partial charge in [0, 0.05) is 22.6 Å². The Morgan fingerprint density at radius 2 is 2.00 bits per heavy atom. The molecule has 0 saturated heterocycles. The molecule has 0 unspecified atom stereocenters. The van der Waals surface area contributed by atoms with Crippen molar-refractivity contribution in [3.63, 3.8) is 0 Å². The molecule has 0 saturated carbocycles. The minimum absolute atomic E-state index is 0.568. The Morgan fingerprint density at radius 3 is 2.60 bits per heavy atom. The molecule has 0 bridgehead atoms. The SMILES string of the molecule is NCCC[SiH]CNCCN. The van der Waals surface area contributed by atoms with Gasteiger partial charge in [0.05, 0.1) is 0 Å². The summed E-state index contributed by atoms with van der Waals surface area (Å²) in [4.78, 5) is 0. The molecule has 0 atom stereocenters. The van der Waals surface area contributed by atoms with Crippen LogP contribution in [0.4, 0.5) is 0 Å². The van der Waals surface area contributed by atoms with Crippen molar-refractivity contribution in [2.75, 3.05) is 25.8 Å². The lowest BCUT2D eigenvalue weighted by atomic mass is 10.5.